The zero-order valence-electron chi connectivity index (χ0n) is 9.56. The number of rotatable bonds is 0. The number of benzene rings is 2. The van der Waals surface area contributed by atoms with Crippen molar-refractivity contribution in [1.29, 1.82) is 0 Å². The van der Waals surface area contributed by atoms with Crippen molar-refractivity contribution in [1.82, 2.24) is 4.57 Å². The average Bonchev–Trinajstić information content (AvgIpc) is 2.77. The summed E-state index contributed by atoms with van der Waals surface area (Å²) in [4.78, 5) is 0. The molecule has 1 aromatic heterocycles. The molecule has 0 aliphatic carbocycles. The van der Waals surface area contributed by atoms with Gasteiger partial charge in [-0.2, -0.15) is 0 Å². The van der Waals surface area contributed by atoms with E-state index in [1.165, 1.54) is 27.6 Å². The van der Waals surface area contributed by atoms with Crippen LogP contribution in [0.4, 0.5) is 0 Å². The summed E-state index contributed by atoms with van der Waals surface area (Å²) in [6.07, 6.45) is 3.42. The summed E-state index contributed by atoms with van der Waals surface area (Å²) >= 11 is 0. The molecule has 0 amide bonds. The summed E-state index contributed by atoms with van der Waals surface area (Å²) in [5.74, 6) is 0. The van der Waals surface area contributed by atoms with Gasteiger partial charge in [0.05, 0.1) is 5.69 Å². The Hall–Kier alpha value is -2.02. The molecule has 0 N–H and O–H groups in total. The summed E-state index contributed by atoms with van der Waals surface area (Å²) in [6.45, 7) is 1.10. The summed E-state index contributed by atoms with van der Waals surface area (Å²) in [5, 5.41) is 2.72. The SMILES string of the molecule is c1ccc2c(c1)CCn1cc3ccccc3c1-2. The van der Waals surface area contributed by atoms with Gasteiger partial charge in [-0.05, 0) is 17.4 Å². The van der Waals surface area contributed by atoms with E-state index in [9.17, 15) is 0 Å². The molecular weight excluding hydrogens is 206 g/mol. The number of aromatic nitrogens is 1. The maximum absolute atomic E-state index is 2.40. The van der Waals surface area contributed by atoms with Crippen LogP contribution in [0.25, 0.3) is 22.0 Å². The van der Waals surface area contributed by atoms with E-state index in [0.717, 1.165) is 13.0 Å². The largest absolute Gasteiger partial charge is 0.346 e. The lowest BCUT2D eigenvalue weighted by atomic mass is 9.97. The van der Waals surface area contributed by atoms with Crippen LogP contribution in [0.1, 0.15) is 5.56 Å². The lowest BCUT2D eigenvalue weighted by Gasteiger charge is -2.19. The van der Waals surface area contributed by atoms with Gasteiger partial charge in [-0.1, -0.05) is 48.5 Å². The molecule has 0 fully saturated rings. The molecule has 1 aliphatic rings. The normalized spacial score (nSPS) is 13.4. The monoisotopic (exact) mass is 219 g/mol. The fourth-order valence-corrected chi connectivity index (χ4v) is 2.90. The molecule has 0 atom stereocenters. The molecule has 0 saturated heterocycles. The minimum Gasteiger partial charge on any atom is -0.346 e. The van der Waals surface area contributed by atoms with Gasteiger partial charge in [-0.15, -0.1) is 0 Å². The third kappa shape index (κ3) is 1.19. The Morgan fingerprint density at radius 2 is 1.71 bits per heavy atom. The molecule has 0 spiro atoms. The van der Waals surface area contributed by atoms with Gasteiger partial charge < -0.3 is 4.57 Å². The van der Waals surface area contributed by atoms with Crippen LogP contribution in [-0.2, 0) is 13.0 Å². The Morgan fingerprint density at radius 1 is 0.882 bits per heavy atom. The first kappa shape index (κ1) is 9.06. The van der Waals surface area contributed by atoms with Crippen LogP contribution >= 0.6 is 0 Å². The molecule has 17 heavy (non-hydrogen) atoms. The van der Waals surface area contributed by atoms with Crippen molar-refractivity contribution in [3.8, 4) is 11.3 Å². The lowest BCUT2D eigenvalue weighted by molar-refractivity contribution is 0.692. The van der Waals surface area contributed by atoms with Crippen LogP contribution in [0.5, 0.6) is 0 Å². The van der Waals surface area contributed by atoms with Gasteiger partial charge in [0.2, 0.25) is 0 Å². The van der Waals surface area contributed by atoms with Crippen molar-refractivity contribution >= 4 is 10.8 Å². The van der Waals surface area contributed by atoms with Crippen molar-refractivity contribution in [2.45, 2.75) is 13.0 Å². The van der Waals surface area contributed by atoms with Crippen molar-refractivity contribution in [3.63, 3.8) is 0 Å². The van der Waals surface area contributed by atoms with E-state index >= 15 is 0 Å². The second-order valence-electron chi connectivity index (χ2n) is 4.67. The highest BCUT2D eigenvalue weighted by Crippen LogP contribution is 2.36. The Morgan fingerprint density at radius 3 is 2.71 bits per heavy atom. The van der Waals surface area contributed by atoms with Crippen LogP contribution in [-0.4, -0.2) is 4.57 Å². The minimum absolute atomic E-state index is 1.10. The molecule has 1 aliphatic heterocycles. The lowest BCUT2D eigenvalue weighted by Crippen LogP contribution is -2.09. The Kier molecular flexibility index (Phi) is 1.72. The highest BCUT2D eigenvalue weighted by atomic mass is 15.0. The molecule has 2 heterocycles. The summed E-state index contributed by atoms with van der Waals surface area (Å²) < 4.78 is 2.40. The predicted molar refractivity (Wildman–Crippen MR) is 71.1 cm³/mol. The van der Waals surface area contributed by atoms with Crippen molar-refractivity contribution in [3.05, 3.63) is 60.3 Å². The molecule has 3 aromatic rings. The van der Waals surface area contributed by atoms with Crippen LogP contribution in [0.2, 0.25) is 0 Å². The summed E-state index contributed by atoms with van der Waals surface area (Å²) in [6, 6.07) is 17.4. The van der Waals surface area contributed by atoms with E-state index < -0.39 is 0 Å². The van der Waals surface area contributed by atoms with Gasteiger partial charge in [-0.3, -0.25) is 0 Å². The molecule has 0 saturated carbocycles. The molecule has 0 radical (unpaired) electrons. The van der Waals surface area contributed by atoms with E-state index in [1.54, 1.807) is 0 Å². The van der Waals surface area contributed by atoms with E-state index in [0.29, 0.717) is 0 Å². The van der Waals surface area contributed by atoms with Gasteiger partial charge in [0.15, 0.2) is 0 Å². The zero-order valence-corrected chi connectivity index (χ0v) is 9.56. The maximum Gasteiger partial charge on any atom is 0.0563 e. The van der Waals surface area contributed by atoms with Crippen molar-refractivity contribution in [2.24, 2.45) is 0 Å². The topological polar surface area (TPSA) is 4.93 Å². The van der Waals surface area contributed by atoms with Gasteiger partial charge in [0.1, 0.15) is 0 Å². The van der Waals surface area contributed by atoms with Gasteiger partial charge in [0, 0.05) is 23.7 Å². The van der Waals surface area contributed by atoms with Gasteiger partial charge in [0.25, 0.3) is 0 Å². The number of hydrogen-bond donors (Lipinski definition) is 0. The van der Waals surface area contributed by atoms with E-state index in [4.69, 9.17) is 0 Å². The van der Waals surface area contributed by atoms with E-state index in [-0.39, 0.29) is 0 Å². The molecule has 0 unspecified atom stereocenters. The molecule has 82 valence electrons. The Balaban J connectivity index is 2.14. The minimum atomic E-state index is 1.10. The molecule has 1 heteroatoms. The van der Waals surface area contributed by atoms with Crippen molar-refractivity contribution in [2.75, 3.05) is 0 Å². The summed E-state index contributed by atoms with van der Waals surface area (Å²) in [5.41, 5.74) is 4.27. The fraction of sp³-hybridized carbons (Fsp3) is 0.125. The molecule has 2 aromatic carbocycles. The van der Waals surface area contributed by atoms with E-state index in [1.807, 2.05) is 0 Å². The Bertz CT molecular complexity index is 706. The fourth-order valence-electron chi connectivity index (χ4n) is 2.90. The highest BCUT2D eigenvalue weighted by Gasteiger charge is 2.17. The average molecular weight is 219 g/mol. The van der Waals surface area contributed by atoms with Gasteiger partial charge in [-0.25, -0.2) is 0 Å². The first-order valence-electron chi connectivity index (χ1n) is 6.09. The third-order valence-corrected chi connectivity index (χ3v) is 3.69. The smallest absolute Gasteiger partial charge is 0.0563 e. The number of aryl methyl sites for hydroxylation is 2. The standard InChI is InChI=1S/C16H13N/c1-3-7-14-12(5-1)9-10-17-11-13-6-2-4-8-15(13)16(14)17/h1-8,11H,9-10H2. The van der Waals surface area contributed by atoms with Crippen LogP contribution in [0.15, 0.2) is 54.7 Å². The summed E-state index contributed by atoms with van der Waals surface area (Å²) in [7, 11) is 0. The van der Waals surface area contributed by atoms with Crippen LogP contribution in [0, 0.1) is 0 Å². The zero-order chi connectivity index (χ0) is 11.2. The van der Waals surface area contributed by atoms with Gasteiger partial charge >= 0.3 is 0 Å². The van der Waals surface area contributed by atoms with Crippen molar-refractivity contribution < 1.29 is 0 Å². The van der Waals surface area contributed by atoms with Crippen LogP contribution in [0.3, 0.4) is 0 Å². The molecule has 0 bridgehead atoms. The third-order valence-electron chi connectivity index (χ3n) is 3.69. The molecule has 1 nitrogen and oxygen atoms in total. The highest BCUT2D eigenvalue weighted by molar-refractivity contribution is 5.97. The first-order valence-corrected chi connectivity index (χ1v) is 6.09. The quantitative estimate of drug-likeness (QED) is 0.541. The second-order valence-corrected chi connectivity index (χ2v) is 4.67. The number of hydrogen-bond acceptors (Lipinski definition) is 0. The van der Waals surface area contributed by atoms with E-state index in [2.05, 4.69) is 59.3 Å². The maximum atomic E-state index is 2.40. The number of nitrogens with zero attached hydrogens (tertiary/aromatic N) is 1. The predicted octanol–water partition coefficient (Wildman–Crippen LogP) is 3.86. The van der Waals surface area contributed by atoms with Crippen LogP contribution < -0.4 is 0 Å². The second kappa shape index (κ2) is 3.24. The number of fused-ring (bicyclic) bond motifs is 5. The first-order chi connectivity index (χ1) is 8.43. The molecular formula is C16H13N. The Labute approximate surface area is 100 Å². The molecule has 4 rings (SSSR count).